The van der Waals surface area contributed by atoms with Crippen molar-refractivity contribution in [2.45, 2.75) is 9.79 Å². The van der Waals surface area contributed by atoms with Crippen LogP contribution in [0.1, 0.15) is 0 Å². The van der Waals surface area contributed by atoms with Crippen molar-refractivity contribution in [3.8, 4) is 11.5 Å². The summed E-state index contributed by atoms with van der Waals surface area (Å²) in [7, 11) is 0.159. The van der Waals surface area contributed by atoms with Crippen molar-refractivity contribution in [3.05, 3.63) is 84.9 Å². The minimum Gasteiger partial charge on any atom is -0.528 e. The molecule has 1 N–H and O–H groups in total. The van der Waals surface area contributed by atoms with Crippen LogP contribution in [0, 0.1) is 0 Å². The zero-order chi connectivity index (χ0) is 18.1. The Bertz CT molecular complexity index is 1130. The lowest BCUT2D eigenvalue weighted by Crippen LogP contribution is -2.12. The van der Waals surface area contributed by atoms with E-state index in [9.17, 15) is 0 Å². The lowest BCUT2D eigenvalue weighted by atomic mass is 10.1. The second-order valence-electron chi connectivity index (χ2n) is 6.24. The zero-order valence-corrected chi connectivity index (χ0v) is 15.3. The van der Waals surface area contributed by atoms with Gasteiger partial charge < -0.3 is 14.6 Å². The minimum absolute atomic E-state index is 0.159. The summed E-state index contributed by atoms with van der Waals surface area (Å²) in [6, 6.07) is 28.6. The van der Waals surface area contributed by atoms with E-state index < -0.39 is 0 Å². The number of benzene rings is 4. The Morgan fingerprint density at radius 3 is 2.37 bits per heavy atom. The van der Waals surface area contributed by atoms with Crippen molar-refractivity contribution in [3.63, 3.8) is 0 Å². The Morgan fingerprint density at radius 1 is 0.667 bits per heavy atom. The maximum atomic E-state index is 5.99. The molecule has 5 rings (SSSR count). The summed E-state index contributed by atoms with van der Waals surface area (Å²) in [5.41, 5.74) is 2.18. The maximum absolute atomic E-state index is 5.99. The second-order valence-corrected chi connectivity index (χ2v) is 7.29. The van der Waals surface area contributed by atoms with Gasteiger partial charge in [-0.3, -0.25) is 0 Å². The molecule has 0 radical (unpaired) electrons. The van der Waals surface area contributed by atoms with E-state index in [2.05, 4.69) is 41.7 Å². The van der Waals surface area contributed by atoms with Crippen molar-refractivity contribution in [2.24, 2.45) is 0 Å². The molecule has 0 aliphatic carbocycles. The van der Waals surface area contributed by atoms with Crippen molar-refractivity contribution in [1.82, 2.24) is 0 Å². The fourth-order valence-corrected chi connectivity index (χ4v) is 4.28. The van der Waals surface area contributed by atoms with Gasteiger partial charge in [-0.05, 0) is 35.7 Å². The van der Waals surface area contributed by atoms with Gasteiger partial charge in [0.25, 0.3) is 0 Å². The Labute approximate surface area is 162 Å². The van der Waals surface area contributed by atoms with Crippen LogP contribution in [0.5, 0.6) is 11.5 Å². The number of para-hydroxylation sites is 1. The van der Waals surface area contributed by atoms with Crippen LogP contribution in [-0.2, 0) is 0 Å². The van der Waals surface area contributed by atoms with Crippen LogP contribution in [0.2, 0.25) is 0 Å². The van der Waals surface area contributed by atoms with E-state index in [-0.39, 0.29) is 7.69 Å². The predicted molar refractivity (Wildman–Crippen MR) is 113 cm³/mol. The molecule has 3 nitrogen and oxygen atoms in total. The highest BCUT2D eigenvalue weighted by Gasteiger charge is 2.19. The fourth-order valence-electron chi connectivity index (χ4n) is 3.23. The highest BCUT2D eigenvalue weighted by Crippen LogP contribution is 2.48. The molecule has 0 saturated heterocycles. The van der Waals surface area contributed by atoms with Crippen LogP contribution >= 0.6 is 11.8 Å². The Balaban J connectivity index is 1.35. The zero-order valence-electron chi connectivity index (χ0n) is 14.5. The molecule has 0 bridgehead atoms. The second kappa shape index (κ2) is 6.93. The van der Waals surface area contributed by atoms with Crippen molar-refractivity contribution >= 4 is 41.6 Å². The number of hydrogen-bond donors (Lipinski definition) is 1. The molecule has 0 aromatic heterocycles. The minimum atomic E-state index is 0.159. The van der Waals surface area contributed by atoms with Gasteiger partial charge >= 0.3 is 7.69 Å². The molecule has 130 valence electrons. The first-order chi connectivity index (χ1) is 13.4. The lowest BCUT2D eigenvalue weighted by molar-refractivity contribution is 0.456. The van der Waals surface area contributed by atoms with Gasteiger partial charge in [0.05, 0.1) is 16.3 Å². The van der Waals surface area contributed by atoms with Gasteiger partial charge in [-0.15, -0.1) is 0 Å². The average Bonchev–Trinajstić information content (AvgIpc) is 2.73. The van der Waals surface area contributed by atoms with E-state index in [4.69, 9.17) is 9.31 Å². The first-order valence-electron chi connectivity index (χ1n) is 8.79. The SMILES string of the molecule is B(Oc1cccc2c1Sc1ccccc1N2)Oc1cccc2ccccc12. The molecule has 27 heavy (non-hydrogen) atoms. The van der Waals surface area contributed by atoms with Gasteiger partial charge in [0.1, 0.15) is 11.5 Å². The quantitative estimate of drug-likeness (QED) is 0.407. The Hall–Kier alpha value is -3.05. The maximum Gasteiger partial charge on any atom is 0.576 e. The van der Waals surface area contributed by atoms with E-state index in [1.165, 1.54) is 4.90 Å². The third-order valence-electron chi connectivity index (χ3n) is 4.53. The number of nitrogens with one attached hydrogen (secondary N) is 1. The van der Waals surface area contributed by atoms with Gasteiger partial charge in [-0.2, -0.15) is 0 Å². The van der Waals surface area contributed by atoms with Crippen LogP contribution in [-0.4, -0.2) is 7.69 Å². The molecule has 1 aliphatic rings. The summed E-state index contributed by atoms with van der Waals surface area (Å²) in [5, 5.41) is 5.71. The van der Waals surface area contributed by atoms with Gasteiger partial charge in [0.15, 0.2) is 0 Å². The third-order valence-corrected chi connectivity index (χ3v) is 5.73. The standard InChI is InChI=1S/C22H16BNO2S/c1-2-9-16-15(7-1)8-5-12-19(16)25-23-26-20-13-6-11-18-22(20)27-21-14-4-3-10-17(21)24-18/h1-14,23-24H. The van der Waals surface area contributed by atoms with Crippen LogP contribution in [0.15, 0.2) is 94.7 Å². The first kappa shape index (κ1) is 16.2. The Morgan fingerprint density at radius 2 is 1.37 bits per heavy atom. The Kier molecular flexibility index (Phi) is 4.15. The average molecular weight is 369 g/mol. The van der Waals surface area contributed by atoms with E-state index in [0.717, 1.165) is 38.5 Å². The smallest absolute Gasteiger partial charge is 0.528 e. The van der Waals surface area contributed by atoms with E-state index in [0.29, 0.717) is 0 Å². The van der Waals surface area contributed by atoms with E-state index in [1.807, 2.05) is 48.5 Å². The summed E-state index contributed by atoms with van der Waals surface area (Å²) in [4.78, 5) is 2.27. The molecule has 1 heterocycles. The van der Waals surface area contributed by atoms with Crippen molar-refractivity contribution in [2.75, 3.05) is 5.32 Å². The molecule has 4 aromatic rings. The van der Waals surface area contributed by atoms with Gasteiger partial charge in [-0.1, -0.05) is 66.4 Å². The molecule has 0 spiro atoms. The van der Waals surface area contributed by atoms with Gasteiger partial charge in [0, 0.05) is 10.3 Å². The summed E-state index contributed by atoms with van der Waals surface area (Å²) < 4.78 is 11.9. The number of hydrogen-bond acceptors (Lipinski definition) is 4. The molecular formula is C22H16BNO2S. The van der Waals surface area contributed by atoms with Crippen LogP contribution < -0.4 is 14.6 Å². The molecule has 0 amide bonds. The molecule has 0 fully saturated rings. The molecule has 4 aromatic carbocycles. The summed E-state index contributed by atoms with van der Waals surface area (Å²) in [6.07, 6.45) is 0. The fraction of sp³-hybridized carbons (Fsp3) is 0. The molecular weight excluding hydrogens is 353 g/mol. The summed E-state index contributed by atoms with van der Waals surface area (Å²) in [6.45, 7) is 0. The number of anilines is 2. The highest BCUT2D eigenvalue weighted by molar-refractivity contribution is 7.99. The van der Waals surface area contributed by atoms with Crippen LogP contribution in [0.3, 0.4) is 0 Å². The third kappa shape index (κ3) is 3.11. The van der Waals surface area contributed by atoms with Crippen molar-refractivity contribution < 1.29 is 9.31 Å². The van der Waals surface area contributed by atoms with Gasteiger partial charge in [-0.25, -0.2) is 0 Å². The van der Waals surface area contributed by atoms with E-state index >= 15 is 0 Å². The first-order valence-corrected chi connectivity index (χ1v) is 9.60. The summed E-state index contributed by atoms with van der Waals surface area (Å²) in [5.74, 6) is 1.65. The largest absolute Gasteiger partial charge is 0.576 e. The molecule has 0 unspecified atom stereocenters. The van der Waals surface area contributed by atoms with Crippen LogP contribution in [0.4, 0.5) is 11.4 Å². The van der Waals surface area contributed by atoms with E-state index in [1.54, 1.807) is 11.8 Å². The summed E-state index contributed by atoms with van der Waals surface area (Å²) >= 11 is 1.71. The van der Waals surface area contributed by atoms with Crippen molar-refractivity contribution in [1.29, 1.82) is 0 Å². The lowest BCUT2D eigenvalue weighted by Gasteiger charge is -2.22. The molecule has 0 saturated carbocycles. The van der Waals surface area contributed by atoms with Gasteiger partial charge in [0.2, 0.25) is 0 Å². The van der Waals surface area contributed by atoms with Crippen LogP contribution in [0.25, 0.3) is 10.8 Å². The molecule has 1 aliphatic heterocycles. The molecule has 5 heteroatoms. The number of rotatable bonds is 4. The molecule has 0 atom stereocenters. The topological polar surface area (TPSA) is 30.5 Å². The normalized spacial score (nSPS) is 11.9. The number of fused-ring (bicyclic) bond motifs is 3. The monoisotopic (exact) mass is 369 g/mol. The predicted octanol–water partition coefficient (Wildman–Crippen LogP) is 5.77. The highest BCUT2D eigenvalue weighted by atomic mass is 32.2.